The number of hydrogen-bond donors (Lipinski definition) is 1. The van der Waals surface area contributed by atoms with Crippen LogP contribution in [0.2, 0.25) is 0 Å². The summed E-state index contributed by atoms with van der Waals surface area (Å²) < 4.78 is 37.5. The van der Waals surface area contributed by atoms with Crippen LogP contribution in [-0.4, -0.2) is 69.9 Å². The van der Waals surface area contributed by atoms with Crippen molar-refractivity contribution in [2.75, 3.05) is 32.4 Å². The number of unbranched alkanes of at least 4 members (excludes halogenated alkanes) is 23. The summed E-state index contributed by atoms with van der Waals surface area (Å²) in [6.07, 6.45) is 40.6. The summed E-state index contributed by atoms with van der Waals surface area (Å²) >= 11 is 0. The van der Waals surface area contributed by atoms with Crippen molar-refractivity contribution in [3.63, 3.8) is 0 Å². The molecule has 0 aliphatic heterocycles. The molecule has 8 nitrogen and oxygen atoms in total. The summed E-state index contributed by atoms with van der Waals surface area (Å²) in [6, 6.07) is 0. The minimum absolute atomic E-state index is 0. The number of carbonyl (C=O) groups is 2. The maximum Gasteiger partial charge on any atom is 0.306 e. The third-order valence-corrected chi connectivity index (χ3v) is 12.1. The summed E-state index contributed by atoms with van der Waals surface area (Å²) in [5.74, 6) is -0.0393. The van der Waals surface area contributed by atoms with Crippen LogP contribution in [0, 0.1) is 0 Å². The fourth-order valence-corrected chi connectivity index (χ4v) is 8.24. The fraction of sp³-hybridized carbons (Fsp3) is 0.960. The molecule has 0 heterocycles. The van der Waals surface area contributed by atoms with Gasteiger partial charge >= 0.3 is 11.9 Å². The Morgan fingerprint density at radius 3 is 1.19 bits per heavy atom. The van der Waals surface area contributed by atoms with Crippen molar-refractivity contribution in [3.8, 4) is 0 Å². The number of rotatable bonds is 45. The Balaban J connectivity index is -0.0000106. The first kappa shape index (κ1) is 59.9. The molecule has 0 amide bonds. The van der Waals surface area contributed by atoms with E-state index in [4.69, 9.17) is 9.47 Å². The molecule has 356 valence electrons. The average molecular weight is 861 g/mol. The molecule has 0 aromatic rings. The molecule has 0 aliphatic rings. The molecule has 0 saturated carbocycles. The number of hydrogen-bond acceptors (Lipinski definition) is 7. The van der Waals surface area contributed by atoms with Gasteiger partial charge in [-0.3, -0.25) is 9.59 Å². The Hall–Kier alpha value is -1.19. The van der Waals surface area contributed by atoms with Crippen LogP contribution in [-0.2, 0) is 29.1 Å². The van der Waals surface area contributed by atoms with Crippen molar-refractivity contribution in [2.45, 2.75) is 278 Å². The highest BCUT2D eigenvalue weighted by atomic mass is 32.2. The van der Waals surface area contributed by atoms with Gasteiger partial charge in [0.25, 0.3) is 0 Å². The normalized spacial score (nSPS) is 12.2. The highest BCUT2D eigenvalue weighted by Crippen LogP contribution is 2.19. The molecule has 0 fully saturated rings. The van der Waals surface area contributed by atoms with E-state index in [2.05, 4.69) is 37.3 Å². The lowest BCUT2D eigenvalue weighted by atomic mass is 10.0. The monoisotopic (exact) mass is 861 g/mol. The Labute approximate surface area is 370 Å². The van der Waals surface area contributed by atoms with Gasteiger partial charge in [0.15, 0.2) is 0 Å². The predicted octanol–water partition coefficient (Wildman–Crippen LogP) is 14.7. The molecular formula is C50H104N2O6S. The zero-order chi connectivity index (χ0) is 44.1. The molecule has 1 N–H and O–H groups in total. The van der Waals surface area contributed by atoms with Crippen LogP contribution in [0.1, 0.15) is 268 Å². The largest absolute Gasteiger partial charge is 0.462 e. The molecule has 1 unspecified atom stereocenters. The highest BCUT2D eigenvalue weighted by Gasteiger charge is 2.15. The molecule has 0 bridgehead atoms. The van der Waals surface area contributed by atoms with Gasteiger partial charge in [0.2, 0.25) is 10.0 Å². The first-order valence-corrected chi connectivity index (χ1v) is 27.6. The van der Waals surface area contributed by atoms with Crippen LogP contribution in [0.3, 0.4) is 0 Å². The van der Waals surface area contributed by atoms with Gasteiger partial charge in [-0.05, 0) is 96.7 Å². The van der Waals surface area contributed by atoms with Crippen LogP contribution in [0.15, 0.2) is 0 Å². The Kier molecular flexibility index (Phi) is 47.0. The van der Waals surface area contributed by atoms with Gasteiger partial charge in [-0.25, -0.2) is 13.1 Å². The van der Waals surface area contributed by atoms with Crippen molar-refractivity contribution < 1.29 is 28.9 Å². The third-order valence-electron chi connectivity index (χ3n) is 11.4. The van der Waals surface area contributed by atoms with Crippen molar-refractivity contribution in [1.29, 1.82) is 0 Å². The molecule has 0 aromatic heterocycles. The summed E-state index contributed by atoms with van der Waals surface area (Å²) in [7, 11) is -3.17. The number of ether oxygens (including phenoxy) is 2. The lowest BCUT2D eigenvalue weighted by Crippen LogP contribution is -2.31. The molecular weight excluding hydrogens is 757 g/mol. The standard InChI is InChI=1S/C48H96N2O6S.C2H6.H2/c1-6-10-13-16-21-28-36-45(9-4)55-47(51)39-31-24-19-26-33-42-50(44-35-41-49-57(5,53)54)43-34-27-20-25-32-40-48(52)56-46(37-29-22-17-14-11-7-2)38-30-23-18-15-12-8-3;1-2;/h45-46,49H,6-44H2,1-5H3;1-2H3;1H. The van der Waals surface area contributed by atoms with Crippen molar-refractivity contribution in [2.24, 2.45) is 0 Å². The number of nitrogens with one attached hydrogen (secondary N) is 1. The van der Waals surface area contributed by atoms with E-state index in [1.807, 2.05) is 13.8 Å². The molecule has 0 spiro atoms. The van der Waals surface area contributed by atoms with E-state index in [-0.39, 0.29) is 25.6 Å². The van der Waals surface area contributed by atoms with Gasteiger partial charge in [0.1, 0.15) is 12.2 Å². The van der Waals surface area contributed by atoms with E-state index in [0.717, 1.165) is 122 Å². The number of sulfonamides is 1. The van der Waals surface area contributed by atoms with Gasteiger partial charge in [0, 0.05) is 20.8 Å². The van der Waals surface area contributed by atoms with E-state index < -0.39 is 10.0 Å². The number of nitrogens with zero attached hydrogens (tertiary/aromatic N) is 1. The Bertz CT molecular complexity index is 985. The summed E-state index contributed by atoms with van der Waals surface area (Å²) in [4.78, 5) is 27.7. The van der Waals surface area contributed by atoms with Crippen LogP contribution in [0.5, 0.6) is 0 Å². The van der Waals surface area contributed by atoms with Crippen molar-refractivity contribution >= 4 is 22.0 Å². The second-order valence-electron chi connectivity index (χ2n) is 17.2. The molecule has 0 saturated heterocycles. The van der Waals surface area contributed by atoms with Crippen molar-refractivity contribution in [1.82, 2.24) is 9.62 Å². The van der Waals surface area contributed by atoms with Gasteiger partial charge in [-0.15, -0.1) is 0 Å². The number of esters is 2. The zero-order valence-corrected chi connectivity index (χ0v) is 41.4. The quantitative estimate of drug-likeness (QED) is 0.0480. The Morgan fingerprint density at radius 2 is 0.797 bits per heavy atom. The molecule has 59 heavy (non-hydrogen) atoms. The second kappa shape index (κ2) is 46.3. The van der Waals surface area contributed by atoms with Gasteiger partial charge in [-0.2, -0.15) is 0 Å². The highest BCUT2D eigenvalue weighted by molar-refractivity contribution is 7.88. The smallest absolute Gasteiger partial charge is 0.306 e. The summed E-state index contributed by atoms with van der Waals surface area (Å²) in [6.45, 7) is 16.3. The molecule has 0 aromatic carbocycles. The van der Waals surface area contributed by atoms with Gasteiger partial charge < -0.3 is 14.4 Å². The SMILES string of the molecule is CC.CCCCCCCCC(CC)OC(=O)CCCCCCCN(CCCCCCCC(=O)OC(CCCCCCCC)CCCCCCCC)CCCNS(C)(=O)=O.[HH]. The first-order valence-electron chi connectivity index (χ1n) is 25.7. The summed E-state index contributed by atoms with van der Waals surface area (Å²) in [5.41, 5.74) is 0. The molecule has 1 atom stereocenters. The topological polar surface area (TPSA) is 102 Å². The van der Waals surface area contributed by atoms with Crippen LogP contribution < -0.4 is 4.72 Å². The van der Waals surface area contributed by atoms with E-state index >= 15 is 0 Å². The van der Waals surface area contributed by atoms with Gasteiger partial charge in [0.05, 0.1) is 6.26 Å². The van der Waals surface area contributed by atoms with Gasteiger partial charge in [-0.1, -0.05) is 176 Å². The maximum absolute atomic E-state index is 12.8. The molecule has 0 aliphatic carbocycles. The van der Waals surface area contributed by atoms with Crippen LogP contribution in [0.25, 0.3) is 0 Å². The minimum Gasteiger partial charge on any atom is -0.462 e. The van der Waals surface area contributed by atoms with Crippen LogP contribution >= 0.6 is 0 Å². The zero-order valence-electron chi connectivity index (χ0n) is 40.5. The first-order chi connectivity index (χ1) is 28.6. The third kappa shape index (κ3) is 46.2. The Morgan fingerprint density at radius 1 is 0.475 bits per heavy atom. The maximum atomic E-state index is 12.8. The summed E-state index contributed by atoms with van der Waals surface area (Å²) in [5, 5.41) is 0. The lowest BCUT2D eigenvalue weighted by Gasteiger charge is -2.22. The van der Waals surface area contributed by atoms with Crippen LogP contribution in [0.4, 0.5) is 0 Å². The van der Waals surface area contributed by atoms with E-state index in [0.29, 0.717) is 19.4 Å². The average Bonchev–Trinajstić information content (AvgIpc) is 3.21. The lowest BCUT2D eigenvalue weighted by molar-refractivity contribution is -0.150. The van der Waals surface area contributed by atoms with E-state index in [1.54, 1.807) is 0 Å². The predicted molar refractivity (Wildman–Crippen MR) is 257 cm³/mol. The fourth-order valence-electron chi connectivity index (χ4n) is 7.72. The second-order valence-corrected chi connectivity index (χ2v) is 19.0. The number of carbonyl (C=O) groups excluding carboxylic acids is 2. The minimum atomic E-state index is -3.17. The van der Waals surface area contributed by atoms with E-state index in [9.17, 15) is 18.0 Å². The van der Waals surface area contributed by atoms with Crippen molar-refractivity contribution in [3.05, 3.63) is 0 Å². The molecule has 0 radical (unpaired) electrons. The van der Waals surface area contributed by atoms with E-state index in [1.165, 1.54) is 115 Å². The molecule has 9 heteroatoms. The molecule has 0 rings (SSSR count).